The summed E-state index contributed by atoms with van der Waals surface area (Å²) in [4.78, 5) is 14.8. The van der Waals surface area contributed by atoms with Gasteiger partial charge in [-0.25, -0.2) is 0 Å². The highest BCUT2D eigenvalue weighted by atomic mass is 35.5. The first kappa shape index (κ1) is 18.2. The third kappa shape index (κ3) is 4.93. The molecule has 5 heteroatoms. The molecule has 4 nitrogen and oxygen atoms in total. The predicted molar refractivity (Wildman–Crippen MR) is 93.7 cm³/mol. The molecule has 2 rings (SSSR count). The highest BCUT2D eigenvalue weighted by molar-refractivity contribution is 6.30. The number of nitrogens with one attached hydrogen (secondary N) is 1. The normalized spacial score (nSPS) is 17.7. The van der Waals surface area contributed by atoms with Crippen LogP contribution >= 0.6 is 11.6 Å². The van der Waals surface area contributed by atoms with Crippen LogP contribution in [0.15, 0.2) is 24.3 Å². The van der Waals surface area contributed by atoms with Crippen LogP contribution in [0.2, 0.25) is 5.02 Å². The van der Waals surface area contributed by atoms with Crippen LogP contribution in [-0.2, 0) is 9.53 Å². The summed E-state index contributed by atoms with van der Waals surface area (Å²) in [5.41, 5.74) is 0.834. The van der Waals surface area contributed by atoms with Gasteiger partial charge in [-0.05, 0) is 24.1 Å². The molecule has 0 radical (unpaired) electrons. The van der Waals surface area contributed by atoms with Crippen molar-refractivity contribution < 1.29 is 9.53 Å². The molecular formula is C18H27ClN2O2. The van der Waals surface area contributed by atoms with E-state index in [0.717, 1.165) is 37.7 Å². The molecule has 1 N–H and O–H groups in total. The number of hydrogen-bond acceptors (Lipinski definition) is 3. The number of nitrogens with zero attached hydrogens (tertiary/aromatic N) is 1. The Morgan fingerprint density at radius 1 is 1.30 bits per heavy atom. The van der Waals surface area contributed by atoms with Crippen molar-refractivity contribution in [1.82, 2.24) is 10.2 Å². The summed E-state index contributed by atoms with van der Waals surface area (Å²) in [7, 11) is 0. The van der Waals surface area contributed by atoms with Crippen molar-refractivity contribution in [3.63, 3.8) is 0 Å². The molecule has 1 amide bonds. The van der Waals surface area contributed by atoms with E-state index in [1.807, 2.05) is 45.0 Å². The molecule has 1 aromatic rings. The van der Waals surface area contributed by atoms with Gasteiger partial charge in [0.05, 0.1) is 19.3 Å². The largest absolute Gasteiger partial charge is 0.379 e. The maximum absolute atomic E-state index is 12.4. The summed E-state index contributed by atoms with van der Waals surface area (Å²) < 4.78 is 5.45. The lowest BCUT2D eigenvalue weighted by molar-refractivity contribution is -0.129. The van der Waals surface area contributed by atoms with Crippen LogP contribution in [0.1, 0.15) is 38.8 Å². The van der Waals surface area contributed by atoms with E-state index in [9.17, 15) is 4.79 Å². The molecule has 128 valence electrons. The first-order valence-electron chi connectivity index (χ1n) is 8.29. The van der Waals surface area contributed by atoms with Gasteiger partial charge in [-0.15, -0.1) is 0 Å². The number of morpholine rings is 1. The van der Waals surface area contributed by atoms with Crippen molar-refractivity contribution in [1.29, 1.82) is 0 Å². The summed E-state index contributed by atoms with van der Waals surface area (Å²) in [6.07, 6.45) is 0.821. The second-order valence-electron chi connectivity index (χ2n) is 6.66. The Morgan fingerprint density at radius 2 is 1.91 bits per heavy atom. The van der Waals surface area contributed by atoms with Crippen molar-refractivity contribution in [3.05, 3.63) is 34.9 Å². The van der Waals surface area contributed by atoms with Gasteiger partial charge in [0.1, 0.15) is 0 Å². The molecule has 0 saturated carbocycles. The molecule has 1 aromatic carbocycles. The van der Waals surface area contributed by atoms with E-state index in [2.05, 4.69) is 10.2 Å². The van der Waals surface area contributed by atoms with E-state index in [1.165, 1.54) is 5.56 Å². The van der Waals surface area contributed by atoms with E-state index in [-0.39, 0.29) is 17.4 Å². The zero-order valence-electron chi connectivity index (χ0n) is 14.3. The molecule has 23 heavy (non-hydrogen) atoms. The first-order valence-corrected chi connectivity index (χ1v) is 8.67. The minimum absolute atomic E-state index is 0.104. The number of ether oxygens (including phenoxy) is 1. The molecule has 1 saturated heterocycles. The molecular weight excluding hydrogens is 312 g/mol. The minimum Gasteiger partial charge on any atom is -0.379 e. The SMILES string of the molecule is CCC(C)(C)C(=O)NCC(c1ccc(Cl)cc1)N1CCOCC1. The molecule has 1 aliphatic rings. The smallest absolute Gasteiger partial charge is 0.225 e. The average molecular weight is 339 g/mol. The Morgan fingerprint density at radius 3 is 2.48 bits per heavy atom. The standard InChI is InChI=1S/C18H27ClN2O2/c1-4-18(2,3)17(22)20-13-16(21-9-11-23-12-10-21)14-5-7-15(19)8-6-14/h5-8,16H,4,9-13H2,1-3H3,(H,20,22). The van der Waals surface area contributed by atoms with Gasteiger partial charge < -0.3 is 10.1 Å². The molecule has 1 fully saturated rings. The Labute approximate surface area is 144 Å². The van der Waals surface area contributed by atoms with Gasteiger partial charge >= 0.3 is 0 Å². The van der Waals surface area contributed by atoms with Crippen LogP contribution in [0.4, 0.5) is 0 Å². The van der Waals surface area contributed by atoms with E-state index in [0.29, 0.717) is 6.54 Å². The Hall–Kier alpha value is -1.10. The van der Waals surface area contributed by atoms with Crippen LogP contribution in [0.3, 0.4) is 0 Å². The number of rotatable bonds is 6. The number of carbonyl (C=O) groups excluding carboxylic acids is 1. The van der Waals surface area contributed by atoms with Crippen LogP contribution in [0.25, 0.3) is 0 Å². The number of hydrogen-bond donors (Lipinski definition) is 1. The number of benzene rings is 1. The lowest BCUT2D eigenvalue weighted by Gasteiger charge is -2.35. The van der Waals surface area contributed by atoms with Gasteiger partial charge in [0.2, 0.25) is 5.91 Å². The quantitative estimate of drug-likeness (QED) is 0.865. The molecule has 0 aliphatic carbocycles. The van der Waals surface area contributed by atoms with Gasteiger partial charge in [-0.2, -0.15) is 0 Å². The summed E-state index contributed by atoms with van der Waals surface area (Å²) in [5, 5.41) is 3.86. The maximum Gasteiger partial charge on any atom is 0.225 e. The Kier molecular flexibility index (Phi) is 6.45. The van der Waals surface area contributed by atoms with E-state index >= 15 is 0 Å². The summed E-state index contributed by atoms with van der Waals surface area (Å²) in [6, 6.07) is 8.04. The van der Waals surface area contributed by atoms with Gasteiger partial charge in [0.25, 0.3) is 0 Å². The Balaban J connectivity index is 2.10. The van der Waals surface area contributed by atoms with Crippen molar-refractivity contribution in [2.24, 2.45) is 5.41 Å². The summed E-state index contributed by atoms with van der Waals surface area (Å²) >= 11 is 6.00. The highest BCUT2D eigenvalue weighted by Gasteiger charge is 2.28. The van der Waals surface area contributed by atoms with Gasteiger partial charge in [-0.3, -0.25) is 9.69 Å². The molecule has 1 heterocycles. The molecule has 1 atom stereocenters. The lowest BCUT2D eigenvalue weighted by atomic mass is 9.89. The maximum atomic E-state index is 12.4. The van der Waals surface area contributed by atoms with Crippen LogP contribution in [0.5, 0.6) is 0 Å². The second-order valence-corrected chi connectivity index (χ2v) is 7.10. The number of carbonyl (C=O) groups is 1. The first-order chi connectivity index (χ1) is 10.9. The zero-order valence-corrected chi connectivity index (χ0v) is 15.0. The van der Waals surface area contributed by atoms with Crippen molar-refractivity contribution in [2.75, 3.05) is 32.8 Å². The number of amides is 1. The predicted octanol–water partition coefficient (Wildman–Crippen LogP) is 3.27. The molecule has 0 spiro atoms. The Bertz CT molecular complexity index is 510. The summed E-state index contributed by atoms with van der Waals surface area (Å²) in [5.74, 6) is 0.104. The van der Waals surface area contributed by atoms with Crippen molar-refractivity contribution >= 4 is 17.5 Å². The number of halogens is 1. The highest BCUT2D eigenvalue weighted by Crippen LogP contribution is 2.24. The fourth-order valence-electron chi connectivity index (χ4n) is 2.62. The van der Waals surface area contributed by atoms with Crippen LogP contribution < -0.4 is 5.32 Å². The lowest BCUT2D eigenvalue weighted by Crippen LogP contribution is -2.46. The van der Waals surface area contributed by atoms with Gasteiger partial charge in [0.15, 0.2) is 0 Å². The third-order valence-corrected chi connectivity index (χ3v) is 4.95. The minimum atomic E-state index is -0.338. The van der Waals surface area contributed by atoms with Crippen LogP contribution in [-0.4, -0.2) is 43.7 Å². The third-order valence-electron chi connectivity index (χ3n) is 4.70. The van der Waals surface area contributed by atoms with E-state index in [4.69, 9.17) is 16.3 Å². The topological polar surface area (TPSA) is 41.6 Å². The molecule has 0 bridgehead atoms. The van der Waals surface area contributed by atoms with Crippen molar-refractivity contribution in [3.8, 4) is 0 Å². The van der Waals surface area contributed by atoms with Gasteiger partial charge in [-0.1, -0.05) is 44.5 Å². The second kappa shape index (κ2) is 8.13. The van der Waals surface area contributed by atoms with Crippen LogP contribution in [0, 0.1) is 5.41 Å². The fraction of sp³-hybridized carbons (Fsp3) is 0.611. The van der Waals surface area contributed by atoms with Gasteiger partial charge in [0, 0.05) is 30.1 Å². The van der Waals surface area contributed by atoms with Crippen molar-refractivity contribution in [2.45, 2.75) is 33.2 Å². The monoisotopic (exact) mass is 338 g/mol. The molecule has 1 aliphatic heterocycles. The fourth-order valence-corrected chi connectivity index (χ4v) is 2.75. The molecule has 1 unspecified atom stereocenters. The zero-order chi connectivity index (χ0) is 16.9. The molecule has 0 aromatic heterocycles. The average Bonchev–Trinajstić information content (AvgIpc) is 2.57. The van der Waals surface area contributed by atoms with E-state index in [1.54, 1.807) is 0 Å². The van der Waals surface area contributed by atoms with E-state index < -0.39 is 0 Å². The summed E-state index contributed by atoms with van der Waals surface area (Å²) in [6.45, 7) is 9.82.